The Morgan fingerprint density at radius 3 is 2.22 bits per heavy atom. The number of likely N-dealkylation sites (tertiary alicyclic amines) is 1. The molecule has 0 radical (unpaired) electrons. The van der Waals surface area contributed by atoms with E-state index < -0.39 is 0 Å². The molecule has 1 aromatic heterocycles. The van der Waals surface area contributed by atoms with Crippen LogP contribution >= 0.6 is 0 Å². The molecule has 8 nitrogen and oxygen atoms in total. The molecule has 32 heavy (non-hydrogen) atoms. The van der Waals surface area contributed by atoms with Crippen molar-refractivity contribution in [3.8, 4) is 11.4 Å². The normalized spacial score (nSPS) is 23.4. The fourth-order valence-corrected chi connectivity index (χ4v) is 5.06. The lowest BCUT2D eigenvalue weighted by atomic mass is 9.81. The van der Waals surface area contributed by atoms with E-state index in [-0.39, 0.29) is 36.1 Å². The summed E-state index contributed by atoms with van der Waals surface area (Å²) < 4.78 is 0. The summed E-state index contributed by atoms with van der Waals surface area (Å²) in [5.74, 6) is 0.629. The Morgan fingerprint density at radius 1 is 0.906 bits per heavy atom. The summed E-state index contributed by atoms with van der Waals surface area (Å²) in [6.07, 6.45) is 5.26. The largest absolute Gasteiger partial charge is 0.353 e. The number of piperazine rings is 1. The standard InChI is InChI=1S/C24H27N5O3/c30-21(16-29-23(31)18-8-4-5-9-19(18)24(29)32)28-14-12-27(13-15-28)20-10-11-25-22(26-20)17-6-2-1-3-7-17/h1-3,6-7,10-11,18-19H,4-5,8-9,12-16H2. The third-order valence-corrected chi connectivity index (χ3v) is 6.86. The van der Waals surface area contributed by atoms with Gasteiger partial charge in [-0.05, 0) is 18.9 Å². The molecule has 2 atom stereocenters. The van der Waals surface area contributed by atoms with E-state index in [4.69, 9.17) is 4.98 Å². The quantitative estimate of drug-likeness (QED) is 0.686. The van der Waals surface area contributed by atoms with Crippen LogP contribution in [0.1, 0.15) is 25.7 Å². The van der Waals surface area contributed by atoms with E-state index >= 15 is 0 Å². The monoisotopic (exact) mass is 433 g/mol. The molecule has 2 aromatic rings. The van der Waals surface area contributed by atoms with E-state index in [1.807, 2.05) is 36.4 Å². The average molecular weight is 434 g/mol. The lowest BCUT2D eigenvalue weighted by Crippen LogP contribution is -2.52. The Morgan fingerprint density at radius 2 is 1.56 bits per heavy atom. The molecule has 8 heteroatoms. The van der Waals surface area contributed by atoms with Crippen LogP contribution in [0.5, 0.6) is 0 Å². The molecule has 1 aromatic carbocycles. The van der Waals surface area contributed by atoms with Crippen LogP contribution in [0.4, 0.5) is 5.82 Å². The molecule has 5 rings (SSSR count). The van der Waals surface area contributed by atoms with Gasteiger partial charge in [0.2, 0.25) is 17.7 Å². The maximum Gasteiger partial charge on any atom is 0.242 e. The van der Waals surface area contributed by atoms with E-state index in [0.717, 1.165) is 37.1 Å². The first-order valence-electron chi connectivity index (χ1n) is 11.4. The molecular formula is C24H27N5O3. The van der Waals surface area contributed by atoms with Gasteiger partial charge in [-0.25, -0.2) is 9.97 Å². The van der Waals surface area contributed by atoms with Crippen LogP contribution in [0, 0.1) is 11.8 Å². The molecule has 3 heterocycles. The molecule has 2 unspecified atom stereocenters. The van der Waals surface area contributed by atoms with E-state index in [2.05, 4.69) is 9.88 Å². The minimum Gasteiger partial charge on any atom is -0.353 e. The van der Waals surface area contributed by atoms with Crippen molar-refractivity contribution in [2.75, 3.05) is 37.6 Å². The molecule has 2 saturated heterocycles. The summed E-state index contributed by atoms with van der Waals surface area (Å²) in [4.78, 5) is 52.4. The highest BCUT2D eigenvalue weighted by atomic mass is 16.2. The summed E-state index contributed by atoms with van der Waals surface area (Å²) in [5, 5.41) is 0. The fraction of sp³-hybridized carbons (Fsp3) is 0.458. The number of amides is 3. The minimum absolute atomic E-state index is 0.129. The van der Waals surface area contributed by atoms with Crippen molar-refractivity contribution in [3.63, 3.8) is 0 Å². The van der Waals surface area contributed by atoms with Crippen molar-refractivity contribution >= 4 is 23.5 Å². The number of hydrogen-bond donors (Lipinski definition) is 0. The maximum absolute atomic E-state index is 12.9. The van der Waals surface area contributed by atoms with Crippen molar-refractivity contribution < 1.29 is 14.4 Å². The van der Waals surface area contributed by atoms with Crippen molar-refractivity contribution in [2.24, 2.45) is 11.8 Å². The van der Waals surface area contributed by atoms with Gasteiger partial charge < -0.3 is 9.80 Å². The topological polar surface area (TPSA) is 86.7 Å². The molecule has 3 fully saturated rings. The highest BCUT2D eigenvalue weighted by Gasteiger charge is 2.48. The number of rotatable bonds is 4. The molecule has 3 amide bonds. The van der Waals surface area contributed by atoms with Gasteiger partial charge in [0.15, 0.2) is 5.82 Å². The van der Waals surface area contributed by atoms with Crippen LogP contribution in [-0.2, 0) is 14.4 Å². The smallest absolute Gasteiger partial charge is 0.242 e. The van der Waals surface area contributed by atoms with Crippen molar-refractivity contribution in [2.45, 2.75) is 25.7 Å². The first-order chi connectivity index (χ1) is 15.6. The third kappa shape index (κ3) is 3.85. The zero-order chi connectivity index (χ0) is 22.1. The maximum atomic E-state index is 12.9. The molecular weight excluding hydrogens is 406 g/mol. The Kier molecular flexibility index (Phi) is 5.59. The van der Waals surface area contributed by atoms with Crippen molar-refractivity contribution in [3.05, 3.63) is 42.6 Å². The van der Waals surface area contributed by atoms with Gasteiger partial charge in [-0.2, -0.15) is 0 Å². The second kappa shape index (κ2) is 8.68. The lowest BCUT2D eigenvalue weighted by molar-refractivity contribution is -0.146. The summed E-state index contributed by atoms with van der Waals surface area (Å²) in [5.41, 5.74) is 0.962. The summed E-state index contributed by atoms with van der Waals surface area (Å²) in [6, 6.07) is 11.7. The summed E-state index contributed by atoms with van der Waals surface area (Å²) in [6.45, 7) is 2.23. The number of fused-ring (bicyclic) bond motifs is 1. The van der Waals surface area contributed by atoms with E-state index in [0.29, 0.717) is 32.0 Å². The number of carbonyl (C=O) groups is 3. The predicted octanol–water partition coefficient (Wildman–Crippen LogP) is 1.97. The van der Waals surface area contributed by atoms with Gasteiger partial charge in [-0.15, -0.1) is 0 Å². The van der Waals surface area contributed by atoms with Gasteiger partial charge in [-0.1, -0.05) is 43.2 Å². The van der Waals surface area contributed by atoms with Crippen LogP contribution in [0.3, 0.4) is 0 Å². The van der Waals surface area contributed by atoms with Gasteiger partial charge in [-0.3, -0.25) is 19.3 Å². The SMILES string of the molecule is O=C(CN1C(=O)C2CCCCC2C1=O)N1CCN(c2ccnc(-c3ccccc3)n2)CC1. The van der Waals surface area contributed by atoms with Crippen LogP contribution in [-0.4, -0.2) is 70.2 Å². The molecule has 0 bridgehead atoms. The van der Waals surface area contributed by atoms with Crippen LogP contribution in [0.15, 0.2) is 42.6 Å². The number of benzene rings is 1. The van der Waals surface area contributed by atoms with Gasteiger partial charge >= 0.3 is 0 Å². The van der Waals surface area contributed by atoms with Crippen LogP contribution < -0.4 is 4.90 Å². The van der Waals surface area contributed by atoms with Gasteiger partial charge in [0.1, 0.15) is 12.4 Å². The fourth-order valence-electron chi connectivity index (χ4n) is 5.06. The highest BCUT2D eigenvalue weighted by molar-refractivity contribution is 6.07. The van der Waals surface area contributed by atoms with Gasteiger partial charge in [0.25, 0.3) is 0 Å². The summed E-state index contributed by atoms with van der Waals surface area (Å²) in [7, 11) is 0. The van der Waals surface area contributed by atoms with E-state index in [1.165, 1.54) is 4.90 Å². The second-order valence-corrected chi connectivity index (χ2v) is 8.73. The minimum atomic E-state index is -0.211. The predicted molar refractivity (Wildman–Crippen MR) is 118 cm³/mol. The average Bonchev–Trinajstić information content (AvgIpc) is 3.10. The summed E-state index contributed by atoms with van der Waals surface area (Å²) >= 11 is 0. The lowest BCUT2D eigenvalue weighted by Gasteiger charge is -2.36. The third-order valence-electron chi connectivity index (χ3n) is 6.86. The van der Waals surface area contributed by atoms with E-state index in [9.17, 15) is 14.4 Å². The van der Waals surface area contributed by atoms with Crippen molar-refractivity contribution in [1.29, 1.82) is 0 Å². The van der Waals surface area contributed by atoms with Gasteiger partial charge in [0, 0.05) is 37.9 Å². The Labute approximate surface area is 187 Å². The Balaban J connectivity index is 1.19. The molecule has 1 aliphatic carbocycles. The number of carbonyl (C=O) groups excluding carboxylic acids is 3. The zero-order valence-corrected chi connectivity index (χ0v) is 18.0. The van der Waals surface area contributed by atoms with Gasteiger partial charge in [0.05, 0.1) is 11.8 Å². The van der Waals surface area contributed by atoms with Crippen molar-refractivity contribution in [1.82, 2.24) is 19.8 Å². The number of nitrogens with zero attached hydrogens (tertiary/aromatic N) is 5. The Hall–Kier alpha value is -3.29. The zero-order valence-electron chi connectivity index (χ0n) is 18.0. The molecule has 166 valence electrons. The second-order valence-electron chi connectivity index (χ2n) is 8.73. The Bertz CT molecular complexity index is 995. The number of anilines is 1. The number of imide groups is 1. The number of hydrogen-bond acceptors (Lipinski definition) is 6. The molecule has 2 aliphatic heterocycles. The molecule has 0 N–H and O–H groups in total. The van der Waals surface area contributed by atoms with Crippen LogP contribution in [0.25, 0.3) is 11.4 Å². The molecule has 3 aliphatic rings. The van der Waals surface area contributed by atoms with Crippen LogP contribution in [0.2, 0.25) is 0 Å². The number of aromatic nitrogens is 2. The van der Waals surface area contributed by atoms with E-state index in [1.54, 1.807) is 11.1 Å². The highest BCUT2D eigenvalue weighted by Crippen LogP contribution is 2.37. The molecule has 0 spiro atoms. The first-order valence-corrected chi connectivity index (χ1v) is 11.4. The first kappa shape index (κ1) is 20.6. The molecule has 1 saturated carbocycles.